The van der Waals surface area contributed by atoms with Crippen LogP contribution in [0.2, 0.25) is 0 Å². The van der Waals surface area contributed by atoms with E-state index in [1.54, 1.807) is 0 Å². The van der Waals surface area contributed by atoms with Crippen LogP contribution in [0.15, 0.2) is 24.3 Å². The summed E-state index contributed by atoms with van der Waals surface area (Å²) in [5, 5.41) is 20.1. The molecule has 15 heavy (non-hydrogen) atoms. The SMILES string of the molecule is O=[As](O)(O)c1ccc(NC(O)CO)cc1. The molecular weight excluding hydrogens is 265 g/mol. The van der Waals surface area contributed by atoms with Crippen molar-refractivity contribution in [3.63, 3.8) is 0 Å². The Morgan fingerprint density at radius 2 is 1.80 bits per heavy atom. The van der Waals surface area contributed by atoms with Crippen LogP contribution < -0.4 is 9.67 Å². The molecule has 1 aromatic rings. The van der Waals surface area contributed by atoms with Gasteiger partial charge in [0.25, 0.3) is 0 Å². The summed E-state index contributed by atoms with van der Waals surface area (Å²) in [4.78, 5) is 0. The summed E-state index contributed by atoms with van der Waals surface area (Å²) in [7, 11) is 0. The van der Waals surface area contributed by atoms with Gasteiger partial charge in [-0.1, -0.05) is 0 Å². The number of nitrogens with one attached hydrogen (secondary N) is 1. The fourth-order valence-electron chi connectivity index (χ4n) is 0.990. The van der Waals surface area contributed by atoms with Gasteiger partial charge < -0.3 is 0 Å². The van der Waals surface area contributed by atoms with Crippen LogP contribution in [0.25, 0.3) is 0 Å². The Balaban J connectivity index is 2.77. The Morgan fingerprint density at radius 3 is 2.20 bits per heavy atom. The first kappa shape index (κ1) is 12.3. The van der Waals surface area contributed by atoms with E-state index < -0.39 is 27.0 Å². The van der Waals surface area contributed by atoms with Crippen LogP contribution in [-0.4, -0.2) is 45.4 Å². The van der Waals surface area contributed by atoms with Gasteiger partial charge in [0.1, 0.15) is 0 Å². The monoisotopic (exact) mass is 277 g/mol. The van der Waals surface area contributed by atoms with Crippen LogP contribution in [0.3, 0.4) is 0 Å². The van der Waals surface area contributed by atoms with Crippen LogP contribution in [0.1, 0.15) is 0 Å². The predicted molar refractivity (Wildman–Crippen MR) is 53.7 cm³/mol. The van der Waals surface area contributed by atoms with Crippen molar-refractivity contribution in [2.75, 3.05) is 11.9 Å². The molecule has 7 heteroatoms. The van der Waals surface area contributed by atoms with Crippen molar-refractivity contribution in [3.05, 3.63) is 24.3 Å². The predicted octanol–water partition coefficient (Wildman–Crippen LogP) is -2.03. The first-order valence-electron chi connectivity index (χ1n) is 4.15. The first-order valence-corrected chi connectivity index (χ1v) is 7.53. The maximum atomic E-state index is 10.9. The Hall–Kier alpha value is -0.782. The molecule has 0 radical (unpaired) electrons. The number of rotatable bonds is 4. The fourth-order valence-corrected chi connectivity index (χ4v) is 2.12. The van der Waals surface area contributed by atoms with Crippen molar-refractivity contribution in [1.29, 1.82) is 0 Å². The maximum absolute atomic E-state index is 10.9. The molecule has 0 bridgehead atoms. The second-order valence-corrected chi connectivity index (χ2v) is 6.30. The minimum atomic E-state index is -4.82. The third-order valence-corrected chi connectivity index (χ3v) is 3.75. The van der Waals surface area contributed by atoms with E-state index in [0.29, 0.717) is 5.69 Å². The summed E-state index contributed by atoms with van der Waals surface area (Å²) in [5.74, 6) is 0. The van der Waals surface area contributed by atoms with Gasteiger partial charge >= 0.3 is 88.8 Å². The number of aliphatic hydroxyl groups excluding tert-OH is 2. The van der Waals surface area contributed by atoms with Crippen LogP contribution in [0.4, 0.5) is 5.69 Å². The fraction of sp³-hybridized carbons (Fsp3) is 0.250. The van der Waals surface area contributed by atoms with Gasteiger partial charge in [-0.3, -0.25) is 0 Å². The molecule has 5 N–H and O–H groups in total. The molecule has 0 saturated heterocycles. The zero-order chi connectivity index (χ0) is 11.5. The standard InChI is InChI=1S/C8H12AsNO5/c11-5-8(12)10-7-3-1-6(2-4-7)9(13,14)15/h1-4,8,10-12H,5H2,(H2,13,14,15). The summed E-state index contributed by atoms with van der Waals surface area (Å²) in [6.07, 6.45) is -1.09. The Bertz CT molecular complexity index is 360. The Morgan fingerprint density at radius 1 is 1.27 bits per heavy atom. The summed E-state index contributed by atoms with van der Waals surface area (Å²) in [6, 6.07) is 5.42. The minimum absolute atomic E-state index is 0.0304. The normalized spacial score (nSPS) is 13.6. The molecule has 0 fully saturated rings. The molecule has 0 aliphatic heterocycles. The van der Waals surface area contributed by atoms with Crippen molar-refractivity contribution < 1.29 is 22.1 Å². The second-order valence-electron chi connectivity index (χ2n) is 2.93. The summed E-state index contributed by atoms with van der Waals surface area (Å²) >= 11 is -4.82. The molecule has 84 valence electrons. The van der Waals surface area contributed by atoms with E-state index in [4.69, 9.17) is 18.4 Å². The van der Waals surface area contributed by atoms with Crippen molar-refractivity contribution in [3.8, 4) is 0 Å². The number of hydrogen-bond acceptors (Lipinski definition) is 4. The molecule has 1 atom stereocenters. The van der Waals surface area contributed by atoms with Gasteiger partial charge in [-0.25, -0.2) is 0 Å². The molecule has 0 saturated carbocycles. The van der Waals surface area contributed by atoms with Crippen LogP contribution >= 0.6 is 0 Å². The van der Waals surface area contributed by atoms with Gasteiger partial charge in [-0.15, -0.1) is 0 Å². The van der Waals surface area contributed by atoms with Crippen LogP contribution in [-0.2, 0) is 3.74 Å². The molecule has 6 nitrogen and oxygen atoms in total. The molecule has 0 amide bonds. The Labute approximate surface area is 89.2 Å². The van der Waals surface area contributed by atoms with Gasteiger partial charge in [-0.05, 0) is 0 Å². The number of hydrogen-bond donors (Lipinski definition) is 5. The van der Waals surface area contributed by atoms with Crippen molar-refractivity contribution in [2.45, 2.75) is 6.23 Å². The molecule has 0 aromatic heterocycles. The third kappa shape index (κ3) is 3.70. The zero-order valence-electron chi connectivity index (χ0n) is 7.74. The van der Waals surface area contributed by atoms with Gasteiger partial charge in [0.05, 0.1) is 0 Å². The summed E-state index contributed by atoms with van der Waals surface area (Å²) in [6.45, 7) is -0.440. The van der Waals surface area contributed by atoms with Crippen LogP contribution in [0, 0.1) is 0 Å². The van der Waals surface area contributed by atoms with E-state index in [2.05, 4.69) is 5.32 Å². The van der Waals surface area contributed by atoms with Gasteiger partial charge in [0.2, 0.25) is 0 Å². The summed E-state index contributed by atoms with van der Waals surface area (Å²) in [5.41, 5.74) is 0.476. The molecule has 0 heterocycles. The number of aliphatic hydroxyl groups is 2. The van der Waals surface area contributed by atoms with Crippen molar-refractivity contribution in [1.82, 2.24) is 0 Å². The van der Waals surface area contributed by atoms with E-state index in [1.165, 1.54) is 24.3 Å². The topological polar surface area (TPSA) is 110 Å². The van der Waals surface area contributed by atoms with Gasteiger partial charge in [0, 0.05) is 0 Å². The van der Waals surface area contributed by atoms with Crippen LogP contribution in [0.5, 0.6) is 0 Å². The molecular formula is C8H12AsNO5. The zero-order valence-corrected chi connectivity index (χ0v) is 9.61. The number of anilines is 1. The molecule has 0 aliphatic rings. The van der Waals surface area contributed by atoms with Crippen molar-refractivity contribution in [2.24, 2.45) is 0 Å². The van der Waals surface area contributed by atoms with Gasteiger partial charge in [0.15, 0.2) is 0 Å². The molecule has 1 aromatic carbocycles. The molecule has 0 aliphatic carbocycles. The molecule has 0 spiro atoms. The van der Waals surface area contributed by atoms with E-state index >= 15 is 0 Å². The summed E-state index contributed by atoms with van der Waals surface area (Å²) < 4.78 is 28.6. The van der Waals surface area contributed by atoms with E-state index in [9.17, 15) is 3.74 Å². The number of benzene rings is 1. The van der Waals surface area contributed by atoms with Crippen molar-refractivity contribution >= 4 is 24.2 Å². The average Bonchev–Trinajstić information content (AvgIpc) is 2.17. The first-order chi connectivity index (χ1) is 6.93. The Kier molecular flexibility index (Phi) is 3.95. The van der Waals surface area contributed by atoms with E-state index in [1.807, 2.05) is 0 Å². The van der Waals surface area contributed by atoms with E-state index in [-0.39, 0.29) is 4.35 Å². The molecule has 1 unspecified atom stereocenters. The second kappa shape index (κ2) is 4.83. The quantitative estimate of drug-likeness (QED) is 0.321. The third-order valence-electron chi connectivity index (χ3n) is 1.71. The van der Waals surface area contributed by atoms with E-state index in [0.717, 1.165) is 0 Å². The average molecular weight is 277 g/mol. The van der Waals surface area contributed by atoms with Gasteiger partial charge in [-0.2, -0.15) is 0 Å². The molecule has 1 rings (SSSR count).